The molecule has 2 saturated heterocycles. The highest BCUT2D eigenvalue weighted by atomic mass is 35.5. The second-order valence-electron chi connectivity index (χ2n) is 6.88. The predicted octanol–water partition coefficient (Wildman–Crippen LogP) is 2.55. The zero-order valence-corrected chi connectivity index (χ0v) is 15.5. The third-order valence-electron chi connectivity index (χ3n) is 5.13. The first-order chi connectivity index (χ1) is 13.1. The van der Waals surface area contributed by atoms with Crippen molar-refractivity contribution in [1.29, 1.82) is 0 Å². The first-order valence-corrected chi connectivity index (χ1v) is 9.44. The molecule has 2 aliphatic rings. The zero-order valence-electron chi connectivity index (χ0n) is 14.8. The molecule has 0 radical (unpaired) electrons. The number of aromatic hydroxyl groups is 1. The third-order valence-corrected chi connectivity index (χ3v) is 5.39. The van der Waals surface area contributed by atoms with E-state index < -0.39 is 0 Å². The van der Waals surface area contributed by atoms with Crippen LogP contribution in [0.3, 0.4) is 0 Å². The molecule has 2 heterocycles. The number of nitrogens with one attached hydrogen (secondary N) is 2. The summed E-state index contributed by atoms with van der Waals surface area (Å²) in [6.07, 6.45) is 0.433. The minimum Gasteiger partial charge on any atom is -0.508 e. The Hall–Kier alpha value is -2.12. The third kappa shape index (κ3) is 3.94. The van der Waals surface area contributed by atoms with E-state index in [-0.39, 0.29) is 29.8 Å². The fourth-order valence-electron chi connectivity index (χ4n) is 3.65. The second-order valence-corrected chi connectivity index (χ2v) is 7.32. The van der Waals surface area contributed by atoms with Crippen LogP contribution in [-0.4, -0.2) is 41.7 Å². The van der Waals surface area contributed by atoms with E-state index in [0.717, 1.165) is 11.1 Å². The minimum absolute atomic E-state index is 0.0442. The summed E-state index contributed by atoms with van der Waals surface area (Å²) in [6, 6.07) is 14.3. The van der Waals surface area contributed by atoms with Crippen LogP contribution in [0.4, 0.5) is 0 Å². The number of hydrogen-bond acceptors (Lipinski definition) is 5. The number of ether oxygens (including phenoxy) is 1. The van der Waals surface area contributed by atoms with E-state index in [2.05, 4.69) is 10.9 Å². The van der Waals surface area contributed by atoms with E-state index >= 15 is 0 Å². The summed E-state index contributed by atoms with van der Waals surface area (Å²) >= 11 is 5.95. The van der Waals surface area contributed by atoms with Crippen molar-refractivity contribution in [2.75, 3.05) is 19.7 Å². The molecule has 2 aromatic carbocycles. The molecule has 3 N–H and O–H groups in total. The number of phenols is 1. The molecule has 4 rings (SSSR count). The molecule has 0 saturated carbocycles. The quantitative estimate of drug-likeness (QED) is 0.754. The summed E-state index contributed by atoms with van der Waals surface area (Å²) in [6.45, 7) is 1.59. The Morgan fingerprint density at radius 1 is 1.15 bits per heavy atom. The Morgan fingerprint density at radius 3 is 2.70 bits per heavy atom. The molecule has 142 valence electrons. The predicted molar refractivity (Wildman–Crippen MR) is 102 cm³/mol. The lowest BCUT2D eigenvalue weighted by Gasteiger charge is -2.34. The molecular formula is C20H22ClN3O3. The number of rotatable bonds is 3. The molecule has 0 bridgehead atoms. The number of para-hydroxylation sites is 1. The highest BCUT2D eigenvalue weighted by molar-refractivity contribution is 6.30. The van der Waals surface area contributed by atoms with Crippen LogP contribution in [-0.2, 0) is 9.53 Å². The lowest BCUT2D eigenvalue weighted by Crippen LogP contribution is -2.50. The fraction of sp³-hybridized carbons (Fsp3) is 0.350. The Labute approximate surface area is 163 Å². The number of hydrazine groups is 1. The van der Waals surface area contributed by atoms with Gasteiger partial charge in [0.05, 0.1) is 19.2 Å². The van der Waals surface area contributed by atoms with Crippen LogP contribution < -0.4 is 10.9 Å². The van der Waals surface area contributed by atoms with Crippen molar-refractivity contribution < 1.29 is 14.6 Å². The van der Waals surface area contributed by atoms with E-state index in [1.54, 1.807) is 12.1 Å². The van der Waals surface area contributed by atoms with Crippen LogP contribution in [0.5, 0.6) is 5.75 Å². The monoisotopic (exact) mass is 387 g/mol. The topological polar surface area (TPSA) is 73.8 Å². The zero-order chi connectivity index (χ0) is 18.8. The molecule has 1 amide bonds. The van der Waals surface area contributed by atoms with E-state index in [9.17, 15) is 9.90 Å². The smallest absolute Gasteiger partial charge is 0.241 e. The summed E-state index contributed by atoms with van der Waals surface area (Å²) in [7, 11) is 0. The van der Waals surface area contributed by atoms with Crippen molar-refractivity contribution in [3.05, 3.63) is 64.7 Å². The number of amides is 1. The van der Waals surface area contributed by atoms with Crippen molar-refractivity contribution in [2.45, 2.75) is 24.6 Å². The SMILES string of the molecule is O=C(C1CC(c2ccccc2O)NN1)N1CCOC(c2ccc(Cl)cc2)C1. The van der Waals surface area contributed by atoms with E-state index in [0.29, 0.717) is 31.1 Å². The van der Waals surface area contributed by atoms with Crippen LogP contribution in [0.2, 0.25) is 5.02 Å². The Morgan fingerprint density at radius 2 is 1.93 bits per heavy atom. The van der Waals surface area contributed by atoms with Gasteiger partial charge in [-0.05, 0) is 30.2 Å². The second kappa shape index (κ2) is 7.86. The molecule has 0 aliphatic carbocycles. The van der Waals surface area contributed by atoms with Crippen molar-refractivity contribution >= 4 is 17.5 Å². The van der Waals surface area contributed by atoms with Gasteiger partial charge < -0.3 is 14.7 Å². The van der Waals surface area contributed by atoms with Crippen LogP contribution in [0.25, 0.3) is 0 Å². The molecular weight excluding hydrogens is 366 g/mol. The number of carbonyl (C=O) groups excluding carboxylic acids is 1. The highest BCUT2D eigenvalue weighted by Gasteiger charge is 2.35. The lowest BCUT2D eigenvalue weighted by molar-refractivity contribution is -0.141. The standard InChI is InChI=1S/C20H22ClN3O3/c21-14-7-5-13(6-8-14)19-12-24(9-10-27-19)20(26)17-11-16(22-23-17)15-3-1-2-4-18(15)25/h1-8,16-17,19,22-23,25H,9-12H2. The molecule has 27 heavy (non-hydrogen) atoms. The van der Waals surface area contributed by atoms with Crippen LogP contribution >= 0.6 is 11.6 Å². The van der Waals surface area contributed by atoms with Crippen molar-refractivity contribution in [2.24, 2.45) is 0 Å². The Bertz CT molecular complexity index is 814. The maximum Gasteiger partial charge on any atom is 0.241 e. The first-order valence-electron chi connectivity index (χ1n) is 9.06. The van der Waals surface area contributed by atoms with Crippen LogP contribution in [0, 0.1) is 0 Å². The normalized spacial score (nSPS) is 25.5. The number of hydrogen-bond donors (Lipinski definition) is 3. The molecule has 3 unspecified atom stereocenters. The number of halogens is 1. The highest BCUT2D eigenvalue weighted by Crippen LogP contribution is 2.30. The van der Waals surface area contributed by atoms with Gasteiger partial charge in [-0.3, -0.25) is 4.79 Å². The largest absolute Gasteiger partial charge is 0.508 e. The minimum atomic E-state index is -0.335. The van der Waals surface area contributed by atoms with Crippen LogP contribution in [0.1, 0.15) is 29.7 Å². The summed E-state index contributed by atoms with van der Waals surface area (Å²) in [4.78, 5) is 14.8. The maximum absolute atomic E-state index is 13.0. The van der Waals surface area contributed by atoms with E-state index in [4.69, 9.17) is 16.3 Å². The number of phenolic OH excluding ortho intramolecular Hbond substituents is 1. The van der Waals surface area contributed by atoms with Gasteiger partial charge in [-0.2, -0.15) is 0 Å². The molecule has 6 nitrogen and oxygen atoms in total. The van der Waals surface area contributed by atoms with Gasteiger partial charge in [-0.15, -0.1) is 0 Å². The van der Waals surface area contributed by atoms with Crippen molar-refractivity contribution in [1.82, 2.24) is 15.8 Å². The summed E-state index contributed by atoms with van der Waals surface area (Å²) in [5, 5.41) is 10.7. The molecule has 0 aromatic heterocycles. The maximum atomic E-state index is 13.0. The molecule has 3 atom stereocenters. The average molecular weight is 388 g/mol. The first kappa shape index (κ1) is 18.3. The molecule has 2 fully saturated rings. The van der Waals surface area contributed by atoms with Gasteiger partial charge in [0, 0.05) is 17.1 Å². The van der Waals surface area contributed by atoms with Gasteiger partial charge in [0.2, 0.25) is 5.91 Å². The van der Waals surface area contributed by atoms with E-state index in [1.807, 2.05) is 41.3 Å². The number of morpholine rings is 1. The van der Waals surface area contributed by atoms with Crippen LogP contribution in [0.15, 0.2) is 48.5 Å². The molecule has 7 heteroatoms. The van der Waals surface area contributed by atoms with Gasteiger partial charge in [0.25, 0.3) is 0 Å². The summed E-state index contributed by atoms with van der Waals surface area (Å²) in [5.74, 6) is 0.279. The van der Waals surface area contributed by atoms with E-state index in [1.165, 1.54) is 0 Å². The summed E-state index contributed by atoms with van der Waals surface area (Å²) < 4.78 is 5.85. The van der Waals surface area contributed by atoms with Gasteiger partial charge in [0.1, 0.15) is 17.9 Å². The number of benzene rings is 2. The Balaban J connectivity index is 1.41. The Kier molecular flexibility index (Phi) is 5.31. The number of carbonyl (C=O) groups is 1. The molecule has 2 aromatic rings. The molecule has 0 spiro atoms. The summed E-state index contributed by atoms with van der Waals surface area (Å²) in [5.41, 5.74) is 8.02. The van der Waals surface area contributed by atoms with Gasteiger partial charge >= 0.3 is 0 Å². The molecule has 2 aliphatic heterocycles. The van der Waals surface area contributed by atoms with Gasteiger partial charge in [-0.25, -0.2) is 10.9 Å². The van der Waals surface area contributed by atoms with Gasteiger partial charge in [0.15, 0.2) is 0 Å². The number of nitrogens with zero attached hydrogens (tertiary/aromatic N) is 1. The van der Waals surface area contributed by atoms with Crippen molar-refractivity contribution in [3.63, 3.8) is 0 Å². The fourth-order valence-corrected chi connectivity index (χ4v) is 3.78. The lowest BCUT2D eigenvalue weighted by atomic mass is 10.00. The van der Waals surface area contributed by atoms with Gasteiger partial charge in [-0.1, -0.05) is 41.9 Å². The average Bonchev–Trinajstić information content (AvgIpc) is 3.18. The van der Waals surface area contributed by atoms with Crippen molar-refractivity contribution in [3.8, 4) is 5.75 Å².